The Morgan fingerprint density at radius 2 is 1.02 bits per heavy atom. The van der Waals surface area contributed by atoms with Gasteiger partial charge < -0.3 is 29.6 Å². The highest BCUT2D eigenvalue weighted by Crippen LogP contribution is 2.52. The van der Waals surface area contributed by atoms with Crippen molar-refractivity contribution in [1.29, 1.82) is 0 Å². The highest BCUT2D eigenvalue weighted by Gasteiger charge is 2.64. The third-order valence-electron chi connectivity index (χ3n) is 12.8. The zero-order valence-electron chi connectivity index (χ0n) is 30.4. The normalized spacial score (nSPS) is 38.4. The smallest absolute Gasteiger partial charge is 0.223 e. The molecule has 6 aliphatic rings. The number of ether oxygens (including phenoxy) is 4. The number of hydrogen-bond donors (Lipinski definition) is 2. The number of carbonyl (C=O) groups is 4. The van der Waals surface area contributed by atoms with E-state index < -0.39 is 11.2 Å². The summed E-state index contributed by atoms with van der Waals surface area (Å²) in [4.78, 5) is 52.0. The molecule has 4 aliphatic heterocycles. The highest BCUT2D eigenvalue weighted by molar-refractivity contribution is 5.96. The topological polar surface area (TPSA) is 136 Å². The van der Waals surface area contributed by atoms with Crippen LogP contribution in [0.5, 0.6) is 0 Å². The van der Waals surface area contributed by atoms with Crippen LogP contribution in [0.25, 0.3) is 0 Å². The molecule has 0 bridgehead atoms. The summed E-state index contributed by atoms with van der Waals surface area (Å²) in [5.41, 5.74) is 0.226. The molecule has 10 heteroatoms. The lowest BCUT2D eigenvalue weighted by atomic mass is 9.76. The maximum atomic E-state index is 13.4. The molecule has 278 valence electrons. The minimum atomic E-state index is -0.488. The van der Waals surface area contributed by atoms with Crippen LogP contribution in [-0.2, 0) is 38.1 Å². The Morgan fingerprint density at radius 3 is 1.42 bits per heavy atom. The van der Waals surface area contributed by atoms with Gasteiger partial charge in [0.15, 0.2) is 11.6 Å². The van der Waals surface area contributed by atoms with Gasteiger partial charge in [0.2, 0.25) is 11.8 Å². The van der Waals surface area contributed by atoms with E-state index in [2.05, 4.69) is 23.8 Å². The predicted molar refractivity (Wildman–Crippen MR) is 188 cm³/mol. The Hall–Kier alpha value is -2.40. The number of nitrogens with one attached hydrogen (secondary N) is 2. The molecule has 2 amide bonds. The molecular formula is C40H60N2O8. The third-order valence-corrected chi connectivity index (χ3v) is 12.8. The lowest BCUT2D eigenvalue weighted by molar-refractivity contribution is -0.129. The van der Waals surface area contributed by atoms with Crippen molar-refractivity contribution in [3.63, 3.8) is 0 Å². The van der Waals surface area contributed by atoms with Crippen LogP contribution < -0.4 is 10.6 Å². The van der Waals surface area contributed by atoms with Gasteiger partial charge in [0.25, 0.3) is 0 Å². The summed E-state index contributed by atoms with van der Waals surface area (Å²) in [7, 11) is 0. The molecule has 0 spiro atoms. The number of epoxide rings is 2. The lowest BCUT2D eigenvalue weighted by Gasteiger charge is -2.30. The summed E-state index contributed by atoms with van der Waals surface area (Å²) in [5, 5.41) is 6.38. The minimum Gasteiger partial charge on any atom is -0.375 e. The lowest BCUT2D eigenvalue weighted by Crippen LogP contribution is -2.44. The molecule has 0 aromatic carbocycles. The zero-order valence-corrected chi connectivity index (χ0v) is 30.4. The molecular weight excluding hydrogens is 636 g/mol. The average Bonchev–Trinajstić information content (AvgIpc) is 3.67. The van der Waals surface area contributed by atoms with Crippen LogP contribution in [0.2, 0.25) is 0 Å². The van der Waals surface area contributed by atoms with Crippen LogP contribution in [0.4, 0.5) is 0 Å². The molecule has 4 heterocycles. The van der Waals surface area contributed by atoms with Crippen molar-refractivity contribution >= 4 is 23.4 Å². The molecule has 2 saturated carbocycles. The van der Waals surface area contributed by atoms with Gasteiger partial charge in [0, 0.05) is 62.8 Å². The second-order valence-electron chi connectivity index (χ2n) is 16.2. The van der Waals surface area contributed by atoms with Crippen LogP contribution in [0, 0.1) is 23.7 Å². The summed E-state index contributed by atoms with van der Waals surface area (Å²) in [5.74, 6) is 0.00323. The van der Waals surface area contributed by atoms with Gasteiger partial charge in [0.1, 0.15) is 11.2 Å². The maximum Gasteiger partial charge on any atom is 0.223 e. The summed E-state index contributed by atoms with van der Waals surface area (Å²) in [6, 6.07) is 0. The number of amides is 2. The first-order chi connectivity index (χ1) is 24.0. The Labute approximate surface area is 298 Å². The van der Waals surface area contributed by atoms with E-state index in [4.69, 9.17) is 18.9 Å². The maximum absolute atomic E-state index is 13.4. The number of unbranched alkanes of at least 4 members (excludes halogenated alkanes) is 7. The van der Waals surface area contributed by atoms with Gasteiger partial charge >= 0.3 is 0 Å². The number of hydrogen-bond acceptors (Lipinski definition) is 8. The summed E-state index contributed by atoms with van der Waals surface area (Å²) in [6.45, 7) is 14.6. The van der Waals surface area contributed by atoms with Gasteiger partial charge in [-0.1, -0.05) is 51.7 Å². The quantitative estimate of drug-likeness (QED) is 0.150. The van der Waals surface area contributed by atoms with Gasteiger partial charge in [-0.3, -0.25) is 19.2 Å². The summed E-state index contributed by atoms with van der Waals surface area (Å²) in [6.07, 6.45) is 12.8. The summed E-state index contributed by atoms with van der Waals surface area (Å²) >= 11 is 0. The molecule has 0 aromatic heterocycles. The van der Waals surface area contributed by atoms with Gasteiger partial charge in [-0.2, -0.15) is 0 Å². The van der Waals surface area contributed by atoms with E-state index in [1.54, 1.807) is 0 Å². The molecule has 2 N–H and O–H groups in total. The van der Waals surface area contributed by atoms with E-state index in [-0.39, 0.29) is 71.5 Å². The van der Waals surface area contributed by atoms with E-state index >= 15 is 0 Å². The molecule has 0 unspecified atom stereocenters. The van der Waals surface area contributed by atoms with Gasteiger partial charge in [-0.05, 0) is 76.4 Å². The molecule has 50 heavy (non-hydrogen) atoms. The fourth-order valence-electron chi connectivity index (χ4n) is 9.39. The van der Waals surface area contributed by atoms with Crippen molar-refractivity contribution < 1.29 is 38.1 Å². The van der Waals surface area contributed by atoms with Gasteiger partial charge in [-0.15, -0.1) is 0 Å². The van der Waals surface area contributed by atoms with E-state index in [1.165, 1.54) is 0 Å². The Kier molecular flexibility index (Phi) is 12.0. The van der Waals surface area contributed by atoms with Crippen molar-refractivity contribution in [2.24, 2.45) is 23.7 Å². The number of Topliss-reactive ketones (excluding diaryl/α,β-unsaturated/α-hetero) is 2. The average molecular weight is 697 g/mol. The molecule has 4 saturated heterocycles. The molecule has 0 radical (unpaired) electrons. The van der Waals surface area contributed by atoms with Crippen LogP contribution >= 0.6 is 0 Å². The van der Waals surface area contributed by atoms with Gasteiger partial charge in [0.05, 0.1) is 24.4 Å². The number of allylic oxidation sites excluding steroid dienone is 2. The third kappa shape index (κ3) is 8.29. The second-order valence-corrected chi connectivity index (χ2v) is 16.2. The van der Waals surface area contributed by atoms with E-state index in [0.717, 1.165) is 64.2 Å². The predicted octanol–water partition coefficient (Wildman–Crippen LogP) is 5.32. The first-order valence-electron chi connectivity index (χ1n) is 19.6. The fraction of sp³-hybridized carbons (Fsp3) is 0.800. The number of carbonyl (C=O) groups excluding carboxylic acids is 4. The largest absolute Gasteiger partial charge is 0.375 e. The molecule has 10 atom stereocenters. The molecule has 6 rings (SSSR count). The monoisotopic (exact) mass is 696 g/mol. The zero-order chi connectivity index (χ0) is 35.5. The second kappa shape index (κ2) is 16.1. The number of rotatable bonds is 13. The van der Waals surface area contributed by atoms with Crippen LogP contribution in [0.3, 0.4) is 0 Å². The standard InChI is InChI=1S/C40H60N2O8/c1-25-13-15-29(27-17-21-47-35(27)39(3)33(49-39)23-31(25)43)37(45)41-19-11-9-7-5-6-8-10-12-20-42-38(46)30-16-14-26(2)32(44)24-34-40(4,50-34)36-28(30)18-22-48-36/h27-30,33-36H,1-2,5-24H2,3-4H3,(H,41,45)(H,42,46)/t27-,28-,29-,30-,33-,34-,35-,36-,39-,40-/m0/s1. The van der Waals surface area contributed by atoms with E-state index in [0.29, 0.717) is 76.0 Å². The van der Waals surface area contributed by atoms with Crippen molar-refractivity contribution in [1.82, 2.24) is 10.6 Å². The van der Waals surface area contributed by atoms with Crippen LogP contribution in [0.1, 0.15) is 117 Å². The van der Waals surface area contributed by atoms with Crippen molar-refractivity contribution in [2.75, 3.05) is 26.3 Å². The SMILES string of the molecule is C=C1CC[C@H](C(=O)NCCCCCCCCCCNC(=O)[C@H]2CCC(=C)C(=O)C[C@@H]3O[C@]3(C)[C@H]3OCC[C@@H]23)[C@@H]2CCO[C@@H]2[C@@]2(C)O[C@H]2CC1=O. The number of ketones is 2. The summed E-state index contributed by atoms with van der Waals surface area (Å²) < 4.78 is 24.2. The van der Waals surface area contributed by atoms with Crippen LogP contribution in [0.15, 0.2) is 24.3 Å². The first-order valence-corrected chi connectivity index (χ1v) is 19.6. The van der Waals surface area contributed by atoms with Crippen LogP contribution in [-0.4, -0.2) is 85.3 Å². The Bertz CT molecular complexity index is 1220. The van der Waals surface area contributed by atoms with Crippen molar-refractivity contribution in [2.45, 2.75) is 152 Å². The van der Waals surface area contributed by atoms with E-state index in [9.17, 15) is 19.2 Å². The minimum absolute atomic E-state index is 0.0409. The molecule has 2 aliphatic carbocycles. The van der Waals surface area contributed by atoms with Crippen molar-refractivity contribution in [3.05, 3.63) is 24.3 Å². The fourth-order valence-corrected chi connectivity index (χ4v) is 9.39. The van der Waals surface area contributed by atoms with E-state index in [1.807, 2.05) is 13.8 Å². The molecule has 10 nitrogen and oxygen atoms in total. The highest BCUT2D eigenvalue weighted by atomic mass is 16.6. The number of fused-ring (bicyclic) bond motifs is 6. The Balaban J connectivity index is 0.834. The van der Waals surface area contributed by atoms with Gasteiger partial charge in [-0.25, -0.2) is 0 Å². The molecule has 0 aromatic rings. The van der Waals surface area contributed by atoms with Crippen molar-refractivity contribution in [3.8, 4) is 0 Å². The first kappa shape index (κ1) is 37.4. The molecule has 6 fully saturated rings. The Morgan fingerprint density at radius 1 is 0.640 bits per heavy atom.